The number of aliphatic carboxylic acids is 4. The maximum Gasteiger partial charge on any atom is 0.414 e. The Morgan fingerprint density at radius 3 is 1.95 bits per heavy atom. The van der Waals surface area contributed by atoms with Gasteiger partial charge in [-0.3, -0.25) is 4.90 Å². The van der Waals surface area contributed by atoms with Crippen LogP contribution in [0.5, 0.6) is 0 Å². The summed E-state index contributed by atoms with van der Waals surface area (Å²) in [6, 6.07) is 21.0. The van der Waals surface area contributed by atoms with E-state index in [9.17, 15) is 0 Å². The van der Waals surface area contributed by atoms with Gasteiger partial charge in [0.05, 0.1) is 24.1 Å². The standard InChI is InChI=1S/C24H30N4O.2C2H2O4/c1-19-24(20(2)28(26-19)22-11-7-4-8-12-22)16-25-15-23-18-27(13-14-29-23)17-21-9-5-3-6-10-21;2*3-1(4)2(5)6/h3-12,23,25H,13-18H2,1-2H3;2*(H,3,4)(H,5,6). The van der Waals surface area contributed by atoms with Gasteiger partial charge in [-0.15, -0.1) is 0 Å². The van der Waals surface area contributed by atoms with Crippen LogP contribution in [-0.2, 0) is 37.0 Å². The van der Waals surface area contributed by atoms with Gasteiger partial charge in [0, 0.05) is 44.0 Å². The SMILES string of the molecule is Cc1nn(-c2ccccc2)c(C)c1CNCC1CN(Cc2ccccc2)CCO1.O=C(O)C(=O)O.O=C(O)C(=O)O. The summed E-state index contributed by atoms with van der Waals surface area (Å²) >= 11 is 0. The molecule has 3 aromatic rings. The molecule has 220 valence electrons. The van der Waals surface area contributed by atoms with Crippen LogP contribution in [0.2, 0.25) is 0 Å². The number of hydrogen-bond acceptors (Lipinski definition) is 8. The fourth-order valence-electron chi connectivity index (χ4n) is 4.00. The van der Waals surface area contributed by atoms with Crippen molar-refractivity contribution in [3.05, 3.63) is 83.2 Å². The highest BCUT2D eigenvalue weighted by atomic mass is 16.5. The van der Waals surface area contributed by atoms with Crippen LogP contribution in [0.4, 0.5) is 0 Å². The zero-order valence-electron chi connectivity index (χ0n) is 22.8. The van der Waals surface area contributed by atoms with E-state index in [1.54, 1.807) is 0 Å². The summed E-state index contributed by atoms with van der Waals surface area (Å²) in [7, 11) is 0. The largest absolute Gasteiger partial charge is 0.473 e. The highest BCUT2D eigenvalue weighted by Crippen LogP contribution is 2.18. The third-order valence-electron chi connectivity index (χ3n) is 5.95. The van der Waals surface area contributed by atoms with Gasteiger partial charge in [-0.25, -0.2) is 23.9 Å². The monoisotopic (exact) mass is 570 g/mol. The molecule has 0 spiro atoms. The Bertz CT molecular complexity index is 1250. The molecule has 1 aliphatic heterocycles. The van der Waals surface area contributed by atoms with Crippen LogP contribution in [0.25, 0.3) is 5.69 Å². The number of para-hydroxylation sites is 1. The van der Waals surface area contributed by atoms with E-state index in [1.807, 2.05) is 22.9 Å². The zero-order chi connectivity index (χ0) is 30.4. The highest BCUT2D eigenvalue weighted by molar-refractivity contribution is 6.27. The van der Waals surface area contributed by atoms with E-state index in [-0.39, 0.29) is 6.10 Å². The summed E-state index contributed by atoms with van der Waals surface area (Å²) in [5, 5.41) is 37.9. The minimum absolute atomic E-state index is 0.220. The molecule has 2 heterocycles. The van der Waals surface area contributed by atoms with Crippen molar-refractivity contribution in [3.63, 3.8) is 0 Å². The van der Waals surface area contributed by atoms with Crippen molar-refractivity contribution in [2.24, 2.45) is 0 Å². The Morgan fingerprint density at radius 1 is 0.878 bits per heavy atom. The number of rotatable bonds is 7. The van der Waals surface area contributed by atoms with Crippen molar-refractivity contribution >= 4 is 23.9 Å². The Kier molecular flexibility index (Phi) is 13.1. The summed E-state index contributed by atoms with van der Waals surface area (Å²) in [6.45, 7) is 9.62. The normalized spacial score (nSPS) is 14.5. The van der Waals surface area contributed by atoms with Gasteiger partial charge >= 0.3 is 23.9 Å². The van der Waals surface area contributed by atoms with E-state index in [0.29, 0.717) is 0 Å². The summed E-state index contributed by atoms with van der Waals surface area (Å²) in [5.41, 5.74) is 6.00. The molecule has 0 saturated carbocycles. The number of nitrogens with zero attached hydrogens (tertiary/aromatic N) is 3. The molecule has 1 aromatic heterocycles. The van der Waals surface area contributed by atoms with E-state index < -0.39 is 23.9 Å². The first-order valence-electron chi connectivity index (χ1n) is 12.6. The molecule has 0 aliphatic carbocycles. The number of carbonyl (C=O) groups is 4. The molecule has 0 amide bonds. The van der Waals surface area contributed by atoms with Crippen molar-refractivity contribution in [1.82, 2.24) is 20.0 Å². The molecule has 1 aliphatic rings. The molecule has 4 rings (SSSR count). The molecule has 1 fully saturated rings. The van der Waals surface area contributed by atoms with Gasteiger partial charge in [-0.05, 0) is 31.5 Å². The molecule has 41 heavy (non-hydrogen) atoms. The topological polar surface area (TPSA) is 192 Å². The summed E-state index contributed by atoms with van der Waals surface area (Å²) < 4.78 is 8.03. The predicted molar refractivity (Wildman–Crippen MR) is 147 cm³/mol. The number of aromatic nitrogens is 2. The zero-order valence-corrected chi connectivity index (χ0v) is 22.8. The maximum absolute atomic E-state index is 9.10. The lowest BCUT2D eigenvalue weighted by molar-refractivity contribution is -0.159. The number of nitrogens with one attached hydrogen (secondary N) is 1. The van der Waals surface area contributed by atoms with E-state index in [1.165, 1.54) is 16.8 Å². The molecule has 0 bridgehead atoms. The fourth-order valence-corrected chi connectivity index (χ4v) is 4.00. The number of ether oxygens (including phenoxy) is 1. The van der Waals surface area contributed by atoms with Gasteiger partial charge in [0.15, 0.2) is 0 Å². The second-order valence-corrected chi connectivity index (χ2v) is 8.96. The average Bonchev–Trinajstić information content (AvgIpc) is 3.23. The molecule has 13 nitrogen and oxygen atoms in total. The lowest BCUT2D eigenvalue weighted by atomic mass is 10.1. The second kappa shape index (κ2) is 16.5. The molecule has 13 heteroatoms. The molecular weight excluding hydrogens is 536 g/mol. The van der Waals surface area contributed by atoms with Gasteiger partial charge < -0.3 is 30.5 Å². The lowest BCUT2D eigenvalue weighted by Crippen LogP contribution is -2.46. The van der Waals surface area contributed by atoms with E-state index >= 15 is 0 Å². The van der Waals surface area contributed by atoms with Gasteiger partial charge in [0.25, 0.3) is 0 Å². The maximum atomic E-state index is 9.10. The number of carboxylic acids is 4. The second-order valence-electron chi connectivity index (χ2n) is 8.96. The fraction of sp³-hybridized carbons (Fsp3) is 0.321. The quantitative estimate of drug-likeness (QED) is 0.259. The van der Waals surface area contributed by atoms with Gasteiger partial charge in [0.1, 0.15) is 0 Å². The molecular formula is C28H34N4O9. The minimum Gasteiger partial charge on any atom is -0.473 e. The van der Waals surface area contributed by atoms with Crippen molar-refractivity contribution in [2.75, 3.05) is 26.2 Å². The van der Waals surface area contributed by atoms with Crippen LogP contribution in [0.15, 0.2) is 60.7 Å². The van der Waals surface area contributed by atoms with Gasteiger partial charge in [0.2, 0.25) is 0 Å². The van der Waals surface area contributed by atoms with E-state index in [0.717, 1.165) is 50.7 Å². The highest BCUT2D eigenvalue weighted by Gasteiger charge is 2.21. The summed E-state index contributed by atoms with van der Waals surface area (Å²) in [5.74, 6) is -7.30. The van der Waals surface area contributed by atoms with Crippen molar-refractivity contribution in [3.8, 4) is 5.69 Å². The van der Waals surface area contributed by atoms with Crippen LogP contribution in [0, 0.1) is 13.8 Å². The Morgan fingerprint density at radius 2 is 1.41 bits per heavy atom. The molecule has 5 N–H and O–H groups in total. The number of aryl methyl sites for hydroxylation is 1. The van der Waals surface area contributed by atoms with Gasteiger partial charge in [-0.2, -0.15) is 5.10 Å². The van der Waals surface area contributed by atoms with Crippen LogP contribution in [0.3, 0.4) is 0 Å². The average molecular weight is 571 g/mol. The van der Waals surface area contributed by atoms with E-state index in [4.69, 9.17) is 49.4 Å². The molecule has 1 atom stereocenters. The summed E-state index contributed by atoms with van der Waals surface area (Å²) in [6.07, 6.45) is 0.220. The van der Waals surface area contributed by atoms with Crippen molar-refractivity contribution in [2.45, 2.75) is 33.0 Å². The first-order chi connectivity index (χ1) is 19.5. The van der Waals surface area contributed by atoms with E-state index in [2.05, 4.69) is 66.5 Å². The van der Waals surface area contributed by atoms with Crippen molar-refractivity contribution in [1.29, 1.82) is 0 Å². The first kappa shape index (κ1) is 32.6. The minimum atomic E-state index is -1.82. The lowest BCUT2D eigenvalue weighted by Gasteiger charge is -2.33. The van der Waals surface area contributed by atoms with Crippen LogP contribution in [0.1, 0.15) is 22.5 Å². The number of morpholine rings is 1. The molecule has 1 saturated heterocycles. The van der Waals surface area contributed by atoms with Crippen molar-refractivity contribution < 1.29 is 44.3 Å². The van der Waals surface area contributed by atoms with Crippen LogP contribution >= 0.6 is 0 Å². The Labute approximate surface area is 236 Å². The van der Waals surface area contributed by atoms with Gasteiger partial charge in [-0.1, -0.05) is 48.5 Å². The Hall–Kier alpha value is -4.59. The molecule has 1 unspecified atom stereocenters. The molecule has 0 radical (unpaired) electrons. The van der Waals surface area contributed by atoms with Crippen LogP contribution in [-0.4, -0.2) is 91.3 Å². The third kappa shape index (κ3) is 11.2. The first-order valence-corrected chi connectivity index (χ1v) is 12.6. The third-order valence-corrected chi connectivity index (χ3v) is 5.95. The number of carboxylic acid groups (broad SMARTS) is 4. The Balaban J connectivity index is 0.000000413. The smallest absolute Gasteiger partial charge is 0.414 e. The molecule has 2 aromatic carbocycles. The number of benzene rings is 2. The number of hydrogen-bond donors (Lipinski definition) is 5. The summed E-state index contributed by atoms with van der Waals surface area (Å²) in [4.78, 5) is 38.9. The van der Waals surface area contributed by atoms with Crippen LogP contribution < -0.4 is 5.32 Å². The predicted octanol–water partition coefficient (Wildman–Crippen LogP) is 1.79.